The highest BCUT2D eigenvalue weighted by Crippen LogP contribution is 2.34. The zero-order chi connectivity index (χ0) is 18.4. The van der Waals surface area contributed by atoms with Crippen LogP contribution in [0, 0.1) is 0 Å². The molecule has 0 aromatic carbocycles. The summed E-state index contributed by atoms with van der Waals surface area (Å²) in [5.74, 6) is 1.76. The molecule has 1 aliphatic carbocycles. The average molecular weight is 389 g/mol. The van der Waals surface area contributed by atoms with Gasteiger partial charge in [-0.05, 0) is 69.6 Å². The molecule has 3 aromatic rings. The number of aryl methyl sites for hydroxylation is 1. The van der Waals surface area contributed by atoms with Crippen LogP contribution >= 0.6 is 11.6 Å². The van der Waals surface area contributed by atoms with Gasteiger partial charge in [0.2, 0.25) is 11.7 Å². The van der Waals surface area contributed by atoms with Crippen LogP contribution in [0.5, 0.6) is 0 Å². The monoisotopic (exact) mass is 388 g/mol. The van der Waals surface area contributed by atoms with Gasteiger partial charge in [0, 0.05) is 12.3 Å². The summed E-state index contributed by atoms with van der Waals surface area (Å²) in [4.78, 5) is 6.90. The molecule has 5 rings (SSSR count). The number of nitrogens with zero attached hydrogens (tertiary/aromatic N) is 6. The Morgan fingerprint density at radius 2 is 2.04 bits per heavy atom. The third-order valence-corrected chi connectivity index (χ3v) is 5.86. The molecule has 0 bridgehead atoms. The summed E-state index contributed by atoms with van der Waals surface area (Å²) in [6.45, 7) is 2.20. The van der Waals surface area contributed by atoms with Gasteiger partial charge in [-0.1, -0.05) is 10.4 Å². The number of aromatic nitrogens is 5. The molecular weight excluding hydrogens is 368 g/mol. The predicted octanol–water partition coefficient (Wildman–Crippen LogP) is 3.11. The number of halogens is 1. The molecule has 4 heterocycles. The molecule has 0 saturated carbocycles. The lowest BCUT2D eigenvalue weighted by molar-refractivity contribution is 0.207. The van der Waals surface area contributed by atoms with Crippen LogP contribution in [-0.2, 0) is 12.8 Å². The zero-order valence-corrected chi connectivity index (χ0v) is 15.9. The first-order valence-corrected chi connectivity index (χ1v) is 9.76. The van der Waals surface area contributed by atoms with E-state index in [4.69, 9.17) is 20.5 Å². The van der Waals surface area contributed by atoms with Gasteiger partial charge >= 0.3 is 0 Å². The van der Waals surface area contributed by atoms with Crippen molar-refractivity contribution in [3.8, 4) is 11.6 Å². The van der Waals surface area contributed by atoms with Crippen LogP contribution in [0.3, 0.4) is 0 Å². The summed E-state index contributed by atoms with van der Waals surface area (Å²) in [6, 6.07) is 3.85. The molecule has 1 saturated heterocycles. The van der Waals surface area contributed by atoms with Crippen LogP contribution in [0.4, 0.5) is 0 Å². The Morgan fingerprint density at radius 3 is 2.81 bits per heavy atom. The van der Waals surface area contributed by atoms with E-state index < -0.39 is 0 Å². The van der Waals surface area contributed by atoms with Gasteiger partial charge in [-0.25, -0.2) is 4.68 Å². The quantitative estimate of drug-likeness (QED) is 0.681. The van der Waals surface area contributed by atoms with Gasteiger partial charge in [0.05, 0.1) is 17.4 Å². The van der Waals surface area contributed by atoms with Crippen LogP contribution in [-0.4, -0.2) is 50.2 Å². The van der Waals surface area contributed by atoms with Gasteiger partial charge in [0.15, 0.2) is 11.0 Å². The van der Waals surface area contributed by atoms with Crippen molar-refractivity contribution in [2.24, 2.45) is 0 Å². The van der Waals surface area contributed by atoms with E-state index in [1.165, 1.54) is 5.69 Å². The van der Waals surface area contributed by atoms with Crippen molar-refractivity contribution in [2.75, 3.05) is 20.1 Å². The summed E-state index contributed by atoms with van der Waals surface area (Å²) in [5.41, 5.74) is 2.34. The molecule has 9 heteroatoms. The molecule has 1 aliphatic heterocycles. The second-order valence-electron chi connectivity index (χ2n) is 7.46. The minimum absolute atomic E-state index is 0.174. The molecule has 2 aliphatic rings. The van der Waals surface area contributed by atoms with E-state index in [0.29, 0.717) is 28.7 Å². The molecule has 1 unspecified atom stereocenters. The molecule has 3 aromatic heterocycles. The number of rotatable bonds is 3. The van der Waals surface area contributed by atoms with E-state index in [2.05, 4.69) is 37.1 Å². The van der Waals surface area contributed by atoms with Gasteiger partial charge in [-0.2, -0.15) is 4.98 Å². The van der Waals surface area contributed by atoms with Gasteiger partial charge in [0.25, 0.3) is 0 Å². The second-order valence-corrected chi connectivity index (χ2v) is 7.83. The van der Waals surface area contributed by atoms with Crippen LogP contribution in [0.2, 0.25) is 5.22 Å². The fourth-order valence-electron chi connectivity index (χ4n) is 4.08. The fourth-order valence-corrected chi connectivity index (χ4v) is 4.22. The van der Waals surface area contributed by atoms with Crippen LogP contribution in [0.25, 0.3) is 11.6 Å². The molecule has 0 spiro atoms. The van der Waals surface area contributed by atoms with Crippen LogP contribution in [0.1, 0.15) is 48.5 Å². The molecule has 1 atom stereocenters. The minimum Gasteiger partial charge on any atom is -0.441 e. The van der Waals surface area contributed by atoms with E-state index in [0.717, 1.165) is 50.9 Å². The average Bonchev–Trinajstić information content (AvgIpc) is 3.40. The largest absolute Gasteiger partial charge is 0.441 e. The van der Waals surface area contributed by atoms with Crippen molar-refractivity contribution < 1.29 is 8.94 Å². The molecule has 0 N–H and O–H groups in total. The number of fused-ring (bicyclic) bond motifs is 1. The summed E-state index contributed by atoms with van der Waals surface area (Å²) < 4.78 is 13.1. The SMILES string of the molecule is CN1CCC(n2nnc3c2CC(c2nc(-c4ccc(Cl)o4)no2)CC3)CC1. The number of piperidine rings is 1. The summed E-state index contributed by atoms with van der Waals surface area (Å²) in [6.07, 6.45) is 4.87. The number of hydrogen-bond donors (Lipinski definition) is 0. The second kappa shape index (κ2) is 6.76. The minimum atomic E-state index is 0.174. The number of hydrogen-bond acceptors (Lipinski definition) is 7. The highest BCUT2D eigenvalue weighted by Gasteiger charge is 2.31. The van der Waals surface area contributed by atoms with Gasteiger partial charge < -0.3 is 13.8 Å². The van der Waals surface area contributed by atoms with E-state index in [1.807, 2.05) is 0 Å². The standard InChI is InChI=1S/C18H21ClN6O2/c1-24-8-6-12(7-9-24)25-14-10-11(2-3-13(14)21-23-25)18-20-17(22-27-18)15-4-5-16(19)26-15/h4-5,11-12H,2-3,6-10H2,1H3. The van der Waals surface area contributed by atoms with Crippen LogP contribution < -0.4 is 0 Å². The predicted molar refractivity (Wildman–Crippen MR) is 97.6 cm³/mol. The van der Waals surface area contributed by atoms with E-state index in [9.17, 15) is 0 Å². The van der Waals surface area contributed by atoms with Crippen LogP contribution in [0.15, 0.2) is 21.1 Å². The Bertz CT molecular complexity index is 939. The fraction of sp³-hybridized carbons (Fsp3) is 0.556. The third-order valence-electron chi connectivity index (χ3n) is 5.66. The molecular formula is C18H21ClN6O2. The maximum atomic E-state index is 5.84. The molecule has 0 amide bonds. The van der Waals surface area contributed by atoms with Gasteiger partial charge in [-0.3, -0.25) is 0 Å². The van der Waals surface area contributed by atoms with Crippen molar-refractivity contribution in [3.63, 3.8) is 0 Å². The Kier molecular flexibility index (Phi) is 4.24. The summed E-state index contributed by atoms with van der Waals surface area (Å²) in [7, 11) is 2.17. The lowest BCUT2D eigenvalue weighted by atomic mass is 9.89. The smallest absolute Gasteiger partial charge is 0.238 e. The Morgan fingerprint density at radius 1 is 1.19 bits per heavy atom. The first kappa shape index (κ1) is 16.9. The van der Waals surface area contributed by atoms with Crippen molar-refractivity contribution in [3.05, 3.63) is 34.6 Å². The third kappa shape index (κ3) is 3.17. The van der Waals surface area contributed by atoms with Crippen molar-refractivity contribution >= 4 is 11.6 Å². The van der Waals surface area contributed by atoms with Gasteiger partial charge in [0.1, 0.15) is 0 Å². The lowest BCUT2D eigenvalue weighted by Crippen LogP contribution is -2.33. The van der Waals surface area contributed by atoms with Crippen molar-refractivity contribution in [2.45, 2.75) is 44.1 Å². The topological polar surface area (TPSA) is 86.0 Å². The zero-order valence-electron chi connectivity index (χ0n) is 15.1. The summed E-state index contributed by atoms with van der Waals surface area (Å²) in [5, 5.41) is 13.3. The van der Waals surface area contributed by atoms with E-state index in [1.54, 1.807) is 12.1 Å². The molecule has 27 heavy (non-hydrogen) atoms. The normalized spacial score (nSPS) is 21.5. The first-order chi connectivity index (χ1) is 13.2. The van der Waals surface area contributed by atoms with Crippen molar-refractivity contribution in [1.29, 1.82) is 0 Å². The molecule has 0 radical (unpaired) electrons. The maximum absolute atomic E-state index is 5.84. The first-order valence-electron chi connectivity index (χ1n) is 9.38. The highest BCUT2D eigenvalue weighted by molar-refractivity contribution is 6.28. The van der Waals surface area contributed by atoms with E-state index >= 15 is 0 Å². The molecule has 142 valence electrons. The van der Waals surface area contributed by atoms with E-state index in [-0.39, 0.29) is 5.92 Å². The Labute approximate surface area is 161 Å². The maximum Gasteiger partial charge on any atom is 0.238 e. The Balaban J connectivity index is 1.37. The Hall–Kier alpha value is -2.19. The number of furan rings is 1. The van der Waals surface area contributed by atoms with Crippen molar-refractivity contribution in [1.82, 2.24) is 30.0 Å². The highest BCUT2D eigenvalue weighted by atomic mass is 35.5. The molecule has 8 nitrogen and oxygen atoms in total. The number of likely N-dealkylation sites (tertiary alicyclic amines) is 1. The lowest BCUT2D eigenvalue weighted by Gasteiger charge is -2.30. The van der Waals surface area contributed by atoms with Gasteiger partial charge in [-0.15, -0.1) is 5.10 Å². The molecule has 1 fully saturated rings. The summed E-state index contributed by atoms with van der Waals surface area (Å²) >= 11 is 5.84.